The van der Waals surface area contributed by atoms with Crippen molar-refractivity contribution < 1.29 is 0 Å². The van der Waals surface area contributed by atoms with Crippen molar-refractivity contribution in [1.82, 2.24) is 24.9 Å². The molecule has 112 valence electrons. The first-order chi connectivity index (χ1) is 10.2. The van der Waals surface area contributed by atoms with E-state index in [2.05, 4.69) is 24.9 Å². The van der Waals surface area contributed by atoms with Crippen LogP contribution in [-0.2, 0) is 0 Å². The minimum atomic E-state index is 0.322. The number of hydrogen-bond donors (Lipinski definition) is 1. The maximum absolute atomic E-state index is 4.57. The maximum Gasteiger partial charge on any atom is 0.164 e. The van der Waals surface area contributed by atoms with Crippen LogP contribution in [0.15, 0.2) is 6.07 Å². The van der Waals surface area contributed by atoms with Gasteiger partial charge in [0.1, 0.15) is 5.82 Å². The molecule has 4 rings (SSSR count). The Hall–Kier alpha value is -1.49. The molecule has 5 nitrogen and oxygen atoms in total. The van der Waals surface area contributed by atoms with Crippen molar-refractivity contribution in [1.29, 1.82) is 0 Å². The first kappa shape index (κ1) is 13.2. The van der Waals surface area contributed by atoms with E-state index in [1.165, 1.54) is 32.1 Å². The molecule has 3 unspecified atom stereocenters. The lowest BCUT2D eigenvalue weighted by Crippen LogP contribution is -2.45. The summed E-state index contributed by atoms with van der Waals surface area (Å²) in [7, 11) is 0. The maximum atomic E-state index is 4.57. The number of rotatable bonds is 1. The third-order valence-electron chi connectivity index (χ3n) is 5.18. The van der Waals surface area contributed by atoms with Gasteiger partial charge in [0.25, 0.3) is 0 Å². The smallest absolute Gasteiger partial charge is 0.164 e. The van der Waals surface area contributed by atoms with Crippen molar-refractivity contribution in [3.05, 3.63) is 23.4 Å². The average Bonchev–Trinajstić information content (AvgIpc) is 2.90. The van der Waals surface area contributed by atoms with E-state index in [9.17, 15) is 0 Å². The van der Waals surface area contributed by atoms with Gasteiger partial charge in [-0.1, -0.05) is 12.8 Å². The van der Waals surface area contributed by atoms with Crippen LogP contribution in [0.2, 0.25) is 0 Å². The summed E-state index contributed by atoms with van der Waals surface area (Å²) in [5.74, 6) is 2.90. The van der Waals surface area contributed by atoms with E-state index in [0.29, 0.717) is 12.1 Å². The Morgan fingerprint density at radius 3 is 2.86 bits per heavy atom. The lowest BCUT2D eigenvalue weighted by molar-refractivity contribution is 0.172. The third-order valence-corrected chi connectivity index (χ3v) is 5.18. The van der Waals surface area contributed by atoms with Crippen molar-refractivity contribution >= 4 is 5.65 Å². The van der Waals surface area contributed by atoms with Gasteiger partial charge in [-0.25, -0.2) is 4.98 Å². The monoisotopic (exact) mass is 285 g/mol. The molecule has 2 aliphatic rings. The second-order valence-corrected chi connectivity index (χ2v) is 6.64. The van der Waals surface area contributed by atoms with E-state index in [0.717, 1.165) is 35.3 Å². The summed E-state index contributed by atoms with van der Waals surface area (Å²) >= 11 is 0. The molecular weight excluding hydrogens is 262 g/mol. The first-order valence-electron chi connectivity index (χ1n) is 8.17. The second-order valence-electron chi connectivity index (χ2n) is 6.64. The SMILES string of the molecule is Cc1cc2nnc(C3CCC4CCCCC4N3)n2c(C)n1. The molecule has 2 aromatic heterocycles. The molecule has 0 bridgehead atoms. The Bertz CT molecular complexity index is 662. The fourth-order valence-electron chi connectivity index (χ4n) is 4.18. The molecule has 0 radical (unpaired) electrons. The zero-order valence-corrected chi connectivity index (χ0v) is 12.8. The van der Waals surface area contributed by atoms with Gasteiger partial charge in [0.15, 0.2) is 11.5 Å². The molecule has 0 aromatic carbocycles. The Labute approximate surface area is 125 Å². The fraction of sp³-hybridized carbons (Fsp3) is 0.688. The lowest BCUT2D eigenvalue weighted by atomic mass is 9.77. The van der Waals surface area contributed by atoms with E-state index < -0.39 is 0 Å². The fourth-order valence-corrected chi connectivity index (χ4v) is 4.18. The van der Waals surface area contributed by atoms with Crippen LogP contribution in [0.3, 0.4) is 0 Å². The number of nitrogens with one attached hydrogen (secondary N) is 1. The summed E-state index contributed by atoms with van der Waals surface area (Å²) in [6.07, 6.45) is 7.95. The van der Waals surface area contributed by atoms with Crippen LogP contribution >= 0.6 is 0 Å². The summed E-state index contributed by atoms with van der Waals surface area (Å²) in [6, 6.07) is 3.00. The van der Waals surface area contributed by atoms with Crippen LogP contribution in [0.5, 0.6) is 0 Å². The predicted molar refractivity (Wildman–Crippen MR) is 81.1 cm³/mol. The van der Waals surface area contributed by atoms with Crippen LogP contribution < -0.4 is 5.32 Å². The molecule has 0 spiro atoms. The summed E-state index contributed by atoms with van der Waals surface area (Å²) in [5, 5.41) is 12.7. The van der Waals surface area contributed by atoms with E-state index in [4.69, 9.17) is 0 Å². The van der Waals surface area contributed by atoms with Crippen LogP contribution in [0, 0.1) is 19.8 Å². The predicted octanol–water partition coefficient (Wildman–Crippen LogP) is 2.72. The average molecular weight is 285 g/mol. The van der Waals surface area contributed by atoms with Gasteiger partial charge in [-0.3, -0.25) is 4.40 Å². The molecule has 1 aliphatic carbocycles. The summed E-state index contributed by atoms with van der Waals surface area (Å²) < 4.78 is 2.12. The van der Waals surface area contributed by atoms with Gasteiger partial charge in [0.2, 0.25) is 0 Å². The third kappa shape index (κ3) is 2.24. The van der Waals surface area contributed by atoms with Gasteiger partial charge >= 0.3 is 0 Å². The van der Waals surface area contributed by atoms with Gasteiger partial charge in [0, 0.05) is 17.8 Å². The van der Waals surface area contributed by atoms with E-state index in [-0.39, 0.29) is 0 Å². The number of hydrogen-bond acceptors (Lipinski definition) is 4. The molecular formula is C16H23N5. The van der Waals surface area contributed by atoms with Crippen molar-refractivity contribution in [3.63, 3.8) is 0 Å². The van der Waals surface area contributed by atoms with Gasteiger partial charge in [-0.15, -0.1) is 10.2 Å². The van der Waals surface area contributed by atoms with Crippen LogP contribution in [0.25, 0.3) is 5.65 Å². The topological polar surface area (TPSA) is 55.1 Å². The van der Waals surface area contributed by atoms with Crippen molar-refractivity contribution in [3.8, 4) is 0 Å². The Morgan fingerprint density at radius 2 is 1.95 bits per heavy atom. The highest BCUT2D eigenvalue weighted by Crippen LogP contribution is 2.36. The molecule has 1 N–H and O–H groups in total. The standard InChI is InChI=1S/C16H23N5/c1-10-9-15-19-20-16(21(15)11(2)17-10)14-8-7-12-5-3-4-6-13(12)18-14/h9,12-14,18H,3-8H2,1-2H3. The first-order valence-corrected chi connectivity index (χ1v) is 8.17. The quantitative estimate of drug-likeness (QED) is 0.875. The molecule has 1 aliphatic heterocycles. The number of aromatic nitrogens is 4. The van der Waals surface area contributed by atoms with Crippen molar-refractivity contribution in [2.45, 2.75) is 64.5 Å². The molecule has 5 heteroatoms. The minimum absolute atomic E-state index is 0.322. The summed E-state index contributed by atoms with van der Waals surface area (Å²) in [6.45, 7) is 4.05. The van der Waals surface area contributed by atoms with Crippen molar-refractivity contribution in [2.75, 3.05) is 0 Å². The highest BCUT2D eigenvalue weighted by atomic mass is 15.3. The van der Waals surface area contributed by atoms with E-state index >= 15 is 0 Å². The van der Waals surface area contributed by atoms with E-state index in [1.54, 1.807) is 0 Å². The normalized spacial score (nSPS) is 29.5. The zero-order chi connectivity index (χ0) is 14.4. The van der Waals surface area contributed by atoms with Gasteiger partial charge in [-0.2, -0.15) is 0 Å². The largest absolute Gasteiger partial charge is 0.304 e. The lowest BCUT2D eigenvalue weighted by Gasteiger charge is -2.40. The molecule has 3 atom stereocenters. The molecule has 2 fully saturated rings. The van der Waals surface area contributed by atoms with Crippen LogP contribution in [0.4, 0.5) is 0 Å². The number of fused-ring (bicyclic) bond motifs is 2. The Balaban J connectivity index is 1.67. The van der Waals surface area contributed by atoms with Gasteiger partial charge in [0.05, 0.1) is 6.04 Å². The van der Waals surface area contributed by atoms with Gasteiger partial charge < -0.3 is 5.32 Å². The molecule has 0 amide bonds. The Kier molecular flexibility index (Phi) is 3.17. The highest BCUT2D eigenvalue weighted by Gasteiger charge is 2.34. The van der Waals surface area contributed by atoms with Gasteiger partial charge in [-0.05, 0) is 45.4 Å². The summed E-state index contributed by atoms with van der Waals surface area (Å²) in [4.78, 5) is 4.57. The molecule has 3 heterocycles. The number of piperidine rings is 1. The highest BCUT2D eigenvalue weighted by molar-refractivity contribution is 5.40. The second kappa shape index (κ2) is 5.05. The minimum Gasteiger partial charge on any atom is -0.304 e. The zero-order valence-electron chi connectivity index (χ0n) is 12.8. The van der Waals surface area contributed by atoms with Crippen LogP contribution in [-0.4, -0.2) is 25.6 Å². The molecule has 2 aromatic rings. The Morgan fingerprint density at radius 1 is 1.10 bits per heavy atom. The van der Waals surface area contributed by atoms with Crippen molar-refractivity contribution in [2.24, 2.45) is 5.92 Å². The summed E-state index contributed by atoms with van der Waals surface area (Å²) in [5.41, 5.74) is 1.92. The number of nitrogens with zero attached hydrogens (tertiary/aromatic N) is 4. The van der Waals surface area contributed by atoms with E-state index in [1.807, 2.05) is 19.9 Å². The van der Waals surface area contributed by atoms with Crippen LogP contribution in [0.1, 0.15) is 61.9 Å². The molecule has 1 saturated heterocycles. The number of aryl methyl sites for hydroxylation is 2. The molecule has 1 saturated carbocycles. The molecule has 21 heavy (non-hydrogen) atoms.